The Morgan fingerprint density at radius 2 is 1.59 bits per heavy atom. The zero-order valence-electron chi connectivity index (χ0n) is 19.4. The molecule has 0 aliphatic heterocycles. The van der Waals surface area contributed by atoms with E-state index in [4.69, 9.17) is 0 Å². The minimum absolute atomic E-state index is 0.0848. The summed E-state index contributed by atoms with van der Waals surface area (Å²) in [4.78, 5) is 0. The highest BCUT2D eigenvalue weighted by Crippen LogP contribution is 2.62. The van der Waals surface area contributed by atoms with Gasteiger partial charge in [-0.15, -0.1) is 0 Å². The molecule has 2 aromatic carbocycles. The molecule has 0 bridgehead atoms. The molecular formula is C29H36. The summed E-state index contributed by atoms with van der Waals surface area (Å²) in [5.74, 6) is 0. The summed E-state index contributed by atoms with van der Waals surface area (Å²) in [7, 11) is 0. The van der Waals surface area contributed by atoms with Crippen LogP contribution in [0.1, 0.15) is 66.0 Å². The predicted octanol–water partition coefficient (Wildman–Crippen LogP) is 6.95. The van der Waals surface area contributed by atoms with Crippen LogP contribution in [0.2, 0.25) is 0 Å². The van der Waals surface area contributed by atoms with Crippen molar-refractivity contribution >= 4 is 30.0 Å². The minimum Gasteiger partial charge on any atom is -0.0908 e. The molecule has 4 rings (SSSR count). The molecule has 0 saturated carbocycles. The maximum Gasteiger partial charge on any atom is 0.00602 e. The lowest BCUT2D eigenvalue weighted by Gasteiger charge is -2.44. The Hall–Kier alpha value is -2.34. The summed E-state index contributed by atoms with van der Waals surface area (Å²) < 4.78 is 0. The first-order chi connectivity index (χ1) is 13.8. The number of hydrogen-bond donors (Lipinski definition) is 0. The van der Waals surface area contributed by atoms with Crippen LogP contribution in [0, 0.1) is 10.8 Å². The zero-order valence-corrected chi connectivity index (χ0v) is 19.4. The largest absolute Gasteiger partial charge is 0.0908 e. The first-order valence-corrected chi connectivity index (χ1v) is 11.1. The first-order valence-electron chi connectivity index (χ1n) is 11.1. The van der Waals surface area contributed by atoms with Crippen molar-refractivity contribution in [3.8, 4) is 0 Å². The summed E-state index contributed by atoms with van der Waals surface area (Å²) in [5.41, 5.74) is 7.38. The Balaban J connectivity index is 0.00000117. The van der Waals surface area contributed by atoms with Gasteiger partial charge in [-0.3, -0.25) is 0 Å². The molecule has 0 nitrogen and oxygen atoms in total. The molecule has 29 heavy (non-hydrogen) atoms. The van der Waals surface area contributed by atoms with Crippen molar-refractivity contribution in [1.29, 1.82) is 0 Å². The minimum atomic E-state index is 0.0848. The monoisotopic (exact) mass is 384 g/mol. The molecule has 1 unspecified atom stereocenters. The highest BCUT2D eigenvalue weighted by atomic mass is 14.6. The van der Waals surface area contributed by atoms with Crippen LogP contribution < -0.4 is 10.4 Å². The number of hydrogen-bond acceptors (Lipinski definition) is 0. The molecular weight excluding hydrogens is 348 g/mol. The van der Waals surface area contributed by atoms with Gasteiger partial charge in [0, 0.05) is 5.41 Å². The number of benzene rings is 2. The van der Waals surface area contributed by atoms with Gasteiger partial charge in [-0.05, 0) is 74.7 Å². The van der Waals surface area contributed by atoms with Crippen molar-refractivity contribution in [3.63, 3.8) is 0 Å². The SMILES string of the molecule is C=c1c2c(c(=C)c3ccccc13)CC1(C)C(=C2)C(/C=C\C)=C(CC)C1(C)C.CC. The van der Waals surface area contributed by atoms with Crippen LogP contribution in [0.5, 0.6) is 0 Å². The molecule has 152 valence electrons. The second-order valence-electron chi connectivity index (χ2n) is 8.83. The van der Waals surface area contributed by atoms with Crippen molar-refractivity contribution in [1.82, 2.24) is 0 Å². The van der Waals surface area contributed by atoms with Crippen molar-refractivity contribution in [3.05, 3.63) is 74.7 Å². The third-order valence-electron chi connectivity index (χ3n) is 7.44. The molecule has 0 spiro atoms. The predicted molar refractivity (Wildman–Crippen MR) is 131 cm³/mol. The Morgan fingerprint density at radius 3 is 2.14 bits per heavy atom. The summed E-state index contributed by atoms with van der Waals surface area (Å²) in [6, 6.07) is 8.57. The fourth-order valence-corrected chi connectivity index (χ4v) is 5.54. The molecule has 0 heterocycles. The average Bonchev–Trinajstić information content (AvgIpc) is 2.88. The lowest BCUT2D eigenvalue weighted by Crippen LogP contribution is -2.40. The second-order valence-corrected chi connectivity index (χ2v) is 8.83. The molecule has 1 atom stereocenters. The molecule has 2 aromatic rings. The Labute approximate surface area is 177 Å². The number of fused-ring (bicyclic) bond motifs is 3. The molecule has 0 amide bonds. The summed E-state index contributed by atoms with van der Waals surface area (Å²) in [5, 5.41) is 4.80. The van der Waals surface area contributed by atoms with Gasteiger partial charge in [0.15, 0.2) is 0 Å². The molecule has 0 saturated heterocycles. The van der Waals surface area contributed by atoms with Gasteiger partial charge in [-0.25, -0.2) is 0 Å². The smallest absolute Gasteiger partial charge is 0.00602 e. The molecule has 0 fully saturated rings. The van der Waals surface area contributed by atoms with Gasteiger partial charge in [-0.2, -0.15) is 0 Å². The van der Waals surface area contributed by atoms with Crippen molar-refractivity contribution in [2.45, 2.75) is 61.3 Å². The Morgan fingerprint density at radius 1 is 1.00 bits per heavy atom. The van der Waals surface area contributed by atoms with Gasteiger partial charge in [-0.1, -0.05) is 96.7 Å². The number of allylic oxidation sites excluding steroid dienone is 5. The Kier molecular flexibility index (Phi) is 5.52. The molecule has 0 N–H and O–H groups in total. The molecule has 2 aliphatic rings. The molecule has 0 radical (unpaired) electrons. The van der Waals surface area contributed by atoms with Gasteiger partial charge in [0.05, 0.1) is 0 Å². The van der Waals surface area contributed by atoms with Crippen LogP contribution in [0.4, 0.5) is 0 Å². The highest BCUT2D eigenvalue weighted by molar-refractivity contribution is 5.89. The van der Waals surface area contributed by atoms with Crippen LogP contribution >= 0.6 is 0 Å². The second kappa shape index (κ2) is 7.48. The van der Waals surface area contributed by atoms with Gasteiger partial charge >= 0.3 is 0 Å². The van der Waals surface area contributed by atoms with Gasteiger partial charge < -0.3 is 0 Å². The van der Waals surface area contributed by atoms with Gasteiger partial charge in [0.25, 0.3) is 0 Å². The van der Waals surface area contributed by atoms with Gasteiger partial charge in [0.1, 0.15) is 0 Å². The van der Waals surface area contributed by atoms with Crippen LogP contribution in [0.15, 0.2) is 53.1 Å². The quantitative estimate of drug-likeness (QED) is 0.525. The number of rotatable bonds is 2. The van der Waals surface area contributed by atoms with Crippen molar-refractivity contribution in [2.24, 2.45) is 10.8 Å². The van der Waals surface area contributed by atoms with Crippen LogP contribution in [-0.4, -0.2) is 0 Å². The average molecular weight is 385 g/mol. The standard InChI is InChI=1S/C27H30.C2H6/c1-8-12-21-24(9-2)26(5,6)27(7)16-23-18(4)20-14-11-10-13-19(20)17(3)22(23)15-25(21)27;1-2/h8,10-15H,3-4,9,16H2,1-2,5-7H3;1-2H3/b12-8-;. The lowest BCUT2D eigenvalue weighted by molar-refractivity contribution is 0.190. The normalized spacial score (nSPS) is 22.2. The third-order valence-corrected chi connectivity index (χ3v) is 7.44. The molecule has 0 heteroatoms. The van der Waals surface area contributed by atoms with E-state index in [0.29, 0.717) is 0 Å². The zero-order chi connectivity index (χ0) is 21.6. The molecule has 2 aliphatic carbocycles. The van der Waals surface area contributed by atoms with Crippen LogP contribution in [0.3, 0.4) is 0 Å². The van der Waals surface area contributed by atoms with Crippen molar-refractivity contribution < 1.29 is 0 Å². The topological polar surface area (TPSA) is 0 Å². The van der Waals surface area contributed by atoms with Crippen LogP contribution in [-0.2, 0) is 6.42 Å². The van der Waals surface area contributed by atoms with E-state index in [9.17, 15) is 0 Å². The van der Waals surface area contributed by atoms with E-state index in [-0.39, 0.29) is 10.8 Å². The fraction of sp³-hybridized carbons (Fsp3) is 0.379. The van der Waals surface area contributed by atoms with E-state index in [0.717, 1.165) is 18.1 Å². The van der Waals surface area contributed by atoms with Crippen LogP contribution in [0.25, 0.3) is 30.0 Å². The Bertz CT molecular complexity index is 1150. The molecule has 0 aromatic heterocycles. The first kappa shape index (κ1) is 21.4. The summed E-state index contributed by atoms with van der Waals surface area (Å²) in [6.45, 7) is 24.7. The van der Waals surface area contributed by atoms with Crippen molar-refractivity contribution in [2.75, 3.05) is 0 Å². The van der Waals surface area contributed by atoms with E-state index in [1.165, 1.54) is 38.3 Å². The third kappa shape index (κ3) is 2.80. The lowest BCUT2D eigenvalue weighted by atomic mass is 9.59. The van der Waals surface area contributed by atoms with E-state index < -0.39 is 0 Å². The maximum absolute atomic E-state index is 4.51. The summed E-state index contributed by atoms with van der Waals surface area (Å²) >= 11 is 0. The van der Waals surface area contributed by atoms with E-state index in [1.54, 1.807) is 5.57 Å². The maximum atomic E-state index is 4.51. The van der Waals surface area contributed by atoms with E-state index in [1.807, 2.05) is 13.8 Å². The van der Waals surface area contributed by atoms with E-state index in [2.05, 4.69) is 90.3 Å². The van der Waals surface area contributed by atoms with E-state index >= 15 is 0 Å². The summed E-state index contributed by atoms with van der Waals surface area (Å²) in [6.07, 6.45) is 9.05. The van der Waals surface area contributed by atoms with Gasteiger partial charge in [0.2, 0.25) is 0 Å². The fourth-order valence-electron chi connectivity index (χ4n) is 5.54. The highest BCUT2D eigenvalue weighted by Gasteiger charge is 2.53.